The minimum absolute atomic E-state index is 0.312. The van der Waals surface area contributed by atoms with Crippen LogP contribution in [0.1, 0.15) is 0 Å². The Balaban J connectivity index is 2.85. The van der Waals surface area contributed by atoms with Crippen molar-refractivity contribution in [2.75, 3.05) is 0 Å². The van der Waals surface area contributed by atoms with Gasteiger partial charge in [-0.3, -0.25) is 0 Å². The first-order chi connectivity index (χ1) is 2.27. The number of rotatable bonds is 1. The van der Waals surface area contributed by atoms with Crippen molar-refractivity contribution in [3.63, 3.8) is 0 Å². The molecule has 3 heteroatoms. The number of carboxylic acid groups (broad SMARTS) is 1. The molecule has 0 saturated carbocycles. The zero-order valence-corrected chi connectivity index (χ0v) is 5.42. The molecule has 2 nitrogen and oxygen atoms in total. The number of carboxylic acids is 1. The predicted molar refractivity (Wildman–Crippen MR) is 18.2 cm³/mol. The molecule has 0 rings (SSSR count). The van der Waals surface area contributed by atoms with Crippen molar-refractivity contribution >= 4 is 28.5 Å². The van der Waals surface area contributed by atoms with E-state index in [4.69, 9.17) is 5.11 Å². The van der Waals surface area contributed by atoms with Gasteiger partial charge in [0.1, 0.15) is 0 Å². The third-order valence-corrected chi connectivity index (χ3v) is 1.01. The van der Waals surface area contributed by atoms with Crippen LogP contribution in [0.4, 0.5) is 0 Å². The molecule has 0 unspecified atom stereocenters. The van der Waals surface area contributed by atoms with Crippen LogP contribution in [-0.4, -0.2) is 33.6 Å². The molecule has 0 amide bonds. The fourth-order valence-corrected chi connectivity index (χ4v) is 0. The number of carbonyl (C=O) groups is 1. The van der Waals surface area contributed by atoms with E-state index >= 15 is 0 Å². The van der Waals surface area contributed by atoms with Gasteiger partial charge in [0.25, 0.3) is 0 Å². The van der Waals surface area contributed by atoms with Crippen LogP contribution in [0.25, 0.3) is 0 Å². The first-order valence-electron chi connectivity index (χ1n) is 1.13. The molecule has 0 fully saturated rings. The number of aliphatic carboxylic acids is 1. The van der Waals surface area contributed by atoms with Crippen LogP contribution in [-0.2, 0) is 4.79 Å². The summed E-state index contributed by atoms with van der Waals surface area (Å²) in [6.07, 6.45) is 0. The molecule has 27 valence electrons. The molecule has 1 N–H and O–H groups in total. The molecule has 0 aromatic carbocycles. The molecule has 0 aliphatic rings. The van der Waals surface area contributed by atoms with Crippen LogP contribution in [0.2, 0.25) is 4.44 Å². The summed E-state index contributed by atoms with van der Waals surface area (Å²) in [6.45, 7) is 0. The Hall–Kier alpha value is 0.269. The van der Waals surface area contributed by atoms with Gasteiger partial charge in [-0.1, -0.05) is 0 Å². The molecule has 0 aromatic heterocycles. The molecule has 0 aliphatic carbocycles. The van der Waals surface area contributed by atoms with Gasteiger partial charge in [0.2, 0.25) is 0 Å². The van der Waals surface area contributed by atoms with Gasteiger partial charge in [0.15, 0.2) is 0 Å². The molecule has 0 bridgehead atoms. The normalized spacial score (nSPS) is 7.40. The molecule has 0 aliphatic heterocycles. The van der Waals surface area contributed by atoms with Gasteiger partial charge in [-0.2, -0.15) is 0 Å². The zero-order valence-electron chi connectivity index (χ0n) is 2.56. The fourth-order valence-electron chi connectivity index (χ4n) is 0. The first-order valence-corrected chi connectivity index (χ1v) is 3.15. The van der Waals surface area contributed by atoms with E-state index in [0.717, 1.165) is 22.5 Å². The Bertz CT molecular complexity index is 42.9. The SMILES string of the molecule is O=C(O)[CH2][Sn]. The molecular weight excluding hydrogens is 175 g/mol. The van der Waals surface area contributed by atoms with Gasteiger partial charge in [-0.25, -0.2) is 0 Å². The van der Waals surface area contributed by atoms with Crippen molar-refractivity contribution in [3.05, 3.63) is 0 Å². The number of hydrogen-bond donors (Lipinski definition) is 1. The average molecular weight is 178 g/mol. The first kappa shape index (κ1) is 5.27. The fraction of sp³-hybridized carbons (Fsp3) is 0.500. The van der Waals surface area contributed by atoms with E-state index in [1.165, 1.54) is 0 Å². The molecule has 0 atom stereocenters. The molecule has 3 radical (unpaired) electrons. The molecule has 0 saturated heterocycles. The summed E-state index contributed by atoms with van der Waals surface area (Å²) in [5.74, 6) is -0.705. The summed E-state index contributed by atoms with van der Waals surface area (Å²) >= 11 is 1.06. The minimum atomic E-state index is -0.705. The van der Waals surface area contributed by atoms with Crippen LogP contribution < -0.4 is 0 Å². The second-order valence-corrected chi connectivity index (χ2v) is 1.58. The van der Waals surface area contributed by atoms with Crippen molar-refractivity contribution in [3.8, 4) is 0 Å². The standard InChI is InChI=1S/C2H3O2.Sn/c1-2(3)4;/h1H2,(H,3,4);. The second kappa shape index (κ2) is 2.50. The van der Waals surface area contributed by atoms with E-state index in [0.29, 0.717) is 4.44 Å². The van der Waals surface area contributed by atoms with E-state index in [1.807, 2.05) is 0 Å². The maximum absolute atomic E-state index is 9.39. The Labute approximate surface area is 43.3 Å². The third kappa shape index (κ3) is 4.27. The third-order valence-electron chi connectivity index (χ3n) is 0.151. The van der Waals surface area contributed by atoms with Crippen molar-refractivity contribution in [2.45, 2.75) is 4.44 Å². The molecule has 0 heterocycles. The Kier molecular flexibility index (Phi) is 2.64. The zero-order chi connectivity index (χ0) is 4.28. The van der Waals surface area contributed by atoms with Gasteiger partial charge in [-0.05, 0) is 0 Å². The van der Waals surface area contributed by atoms with Gasteiger partial charge in [0.05, 0.1) is 0 Å². The van der Waals surface area contributed by atoms with Crippen LogP contribution >= 0.6 is 0 Å². The van der Waals surface area contributed by atoms with E-state index in [1.54, 1.807) is 0 Å². The van der Waals surface area contributed by atoms with E-state index in [2.05, 4.69) is 0 Å². The van der Waals surface area contributed by atoms with Gasteiger partial charge in [0, 0.05) is 0 Å². The average Bonchev–Trinajstić information content (AvgIpc) is 1.38. The predicted octanol–water partition coefficient (Wildman–Crippen LogP) is -0.342. The van der Waals surface area contributed by atoms with E-state index in [-0.39, 0.29) is 0 Å². The Morgan fingerprint density at radius 2 is 2.20 bits per heavy atom. The van der Waals surface area contributed by atoms with E-state index in [9.17, 15) is 4.79 Å². The number of hydrogen-bond acceptors (Lipinski definition) is 1. The van der Waals surface area contributed by atoms with Gasteiger partial charge in [-0.15, -0.1) is 0 Å². The summed E-state index contributed by atoms with van der Waals surface area (Å²) in [7, 11) is 0. The van der Waals surface area contributed by atoms with Crippen molar-refractivity contribution in [2.24, 2.45) is 0 Å². The topological polar surface area (TPSA) is 37.3 Å². The van der Waals surface area contributed by atoms with Crippen LogP contribution in [0, 0.1) is 0 Å². The summed E-state index contributed by atoms with van der Waals surface area (Å²) in [4.78, 5) is 9.39. The molecule has 5 heavy (non-hydrogen) atoms. The Morgan fingerprint density at radius 3 is 2.20 bits per heavy atom. The van der Waals surface area contributed by atoms with Crippen LogP contribution in [0.15, 0.2) is 0 Å². The second-order valence-electron chi connectivity index (χ2n) is 0.571. The van der Waals surface area contributed by atoms with Crippen molar-refractivity contribution in [1.82, 2.24) is 0 Å². The van der Waals surface area contributed by atoms with Gasteiger partial charge >= 0.3 is 42.8 Å². The monoisotopic (exact) mass is 179 g/mol. The maximum atomic E-state index is 9.39. The Morgan fingerprint density at radius 1 is 2.00 bits per heavy atom. The van der Waals surface area contributed by atoms with Gasteiger partial charge < -0.3 is 0 Å². The quantitative estimate of drug-likeness (QED) is 0.557. The van der Waals surface area contributed by atoms with E-state index < -0.39 is 5.97 Å². The van der Waals surface area contributed by atoms with Crippen molar-refractivity contribution < 1.29 is 9.90 Å². The van der Waals surface area contributed by atoms with Crippen molar-refractivity contribution in [1.29, 1.82) is 0 Å². The molecule has 0 spiro atoms. The molecular formula is C2H3O2Sn. The molecule has 0 aromatic rings. The summed E-state index contributed by atoms with van der Waals surface area (Å²) < 4.78 is 0.312. The van der Waals surface area contributed by atoms with Crippen LogP contribution in [0.5, 0.6) is 0 Å². The summed E-state index contributed by atoms with van der Waals surface area (Å²) in [5, 5.41) is 7.74. The van der Waals surface area contributed by atoms with Crippen LogP contribution in [0.3, 0.4) is 0 Å². The summed E-state index contributed by atoms with van der Waals surface area (Å²) in [5.41, 5.74) is 0. The summed E-state index contributed by atoms with van der Waals surface area (Å²) in [6, 6.07) is 0.